The fourth-order valence-corrected chi connectivity index (χ4v) is 1.18. The van der Waals surface area contributed by atoms with E-state index in [9.17, 15) is 14.7 Å². The third-order valence-corrected chi connectivity index (χ3v) is 2.07. The Labute approximate surface area is 134 Å². The van der Waals surface area contributed by atoms with Crippen LogP contribution in [0.1, 0.15) is 43.1 Å². The Bertz CT molecular complexity index is 364. The average Bonchev–Trinajstić information content (AvgIpc) is 2.30. The van der Waals surface area contributed by atoms with Crippen LogP contribution < -0.4 is 40.0 Å². The molecule has 0 saturated heterocycles. The number of carboxylic acids is 1. The summed E-state index contributed by atoms with van der Waals surface area (Å²) in [7, 11) is 0. The number of guanidine groups is 1. The van der Waals surface area contributed by atoms with E-state index in [1.165, 1.54) is 0 Å². The maximum Gasteiger partial charge on any atom is 1.00 e. The second-order valence-corrected chi connectivity index (χ2v) is 3.67. The van der Waals surface area contributed by atoms with Crippen LogP contribution in [0.15, 0.2) is 0 Å². The topological polar surface area (TPSA) is 96.3 Å². The van der Waals surface area contributed by atoms with Crippen LogP contribution in [-0.4, -0.2) is 36.3 Å². The van der Waals surface area contributed by atoms with Crippen molar-refractivity contribution in [1.82, 2.24) is 10.2 Å². The van der Waals surface area contributed by atoms with Crippen LogP contribution >= 0.6 is 0 Å². The van der Waals surface area contributed by atoms with Crippen molar-refractivity contribution in [2.75, 3.05) is 13.5 Å². The van der Waals surface area contributed by atoms with Gasteiger partial charge in [0.2, 0.25) is 5.91 Å². The first-order chi connectivity index (χ1) is 9.18. The number of nitrogens with zero attached hydrogens (tertiary/aromatic N) is 1. The SMILES string of the molecule is [2H]C([2H])([2H])N(CC(=O)[O-])C(=N)NC(=O)CCCCCC.[Na+]. The number of aliphatic carboxylic acids is 1. The van der Waals surface area contributed by atoms with E-state index in [0.29, 0.717) is 11.3 Å². The molecule has 0 aliphatic rings. The van der Waals surface area contributed by atoms with Gasteiger partial charge in [0, 0.05) is 17.5 Å². The van der Waals surface area contributed by atoms with E-state index in [1.807, 2.05) is 6.92 Å². The van der Waals surface area contributed by atoms with Crippen molar-refractivity contribution in [1.29, 1.82) is 5.41 Å². The fourth-order valence-electron chi connectivity index (χ4n) is 1.18. The van der Waals surface area contributed by atoms with Gasteiger partial charge in [-0.3, -0.25) is 15.5 Å². The number of nitrogens with one attached hydrogen (secondary N) is 2. The molecule has 0 radical (unpaired) electrons. The molecular weight excluding hydrogens is 245 g/mol. The molecule has 0 aliphatic heterocycles. The Morgan fingerprint density at radius 2 is 2.06 bits per heavy atom. The fraction of sp³-hybridized carbons (Fsp3) is 0.727. The van der Waals surface area contributed by atoms with Crippen LogP contribution in [0, 0.1) is 5.41 Å². The minimum atomic E-state index is -2.83. The number of hydrogen-bond acceptors (Lipinski definition) is 4. The van der Waals surface area contributed by atoms with Crippen LogP contribution in [0.3, 0.4) is 0 Å². The van der Waals surface area contributed by atoms with E-state index >= 15 is 0 Å². The zero-order valence-corrected chi connectivity index (χ0v) is 12.9. The van der Waals surface area contributed by atoms with E-state index in [-0.39, 0.29) is 36.0 Å². The number of likely N-dealkylation sites (N-methyl/N-ethyl adjacent to an activating group) is 1. The van der Waals surface area contributed by atoms with Crippen LogP contribution in [0.4, 0.5) is 0 Å². The van der Waals surface area contributed by atoms with Crippen LogP contribution in [-0.2, 0) is 9.59 Å². The second kappa shape index (κ2) is 11.5. The zero-order valence-electron chi connectivity index (χ0n) is 13.9. The predicted molar refractivity (Wildman–Crippen MR) is 62.3 cm³/mol. The van der Waals surface area contributed by atoms with E-state index in [4.69, 9.17) is 9.52 Å². The average molecular weight is 268 g/mol. The molecule has 0 bridgehead atoms. The predicted octanol–water partition coefficient (Wildman–Crippen LogP) is -3.31. The summed E-state index contributed by atoms with van der Waals surface area (Å²) in [5, 5.41) is 20.1. The molecule has 0 aliphatic carbocycles. The third-order valence-electron chi connectivity index (χ3n) is 2.07. The van der Waals surface area contributed by atoms with Gasteiger partial charge in [-0.25, -0.2) is 0 Å². The number of amides is 1. The summed E-state index contributed by atoms with van der Waals surface area (Å²) >= 11 is 0. The molecule has 0 unspecified atom stereocenters. The molecular formula is C11H20N3NaO3. The molecule has 98 valence electrons. The number of hydrogen-bond donors (Lipinski definition) is 2. The second-order valence-electron chi connectivity index (χ2n) is 3.67. The Hall–Kier alpha value is -0.590. The molecule has 0 spiro atoms. The van der Waals surface area contributed by atoms with Crippen molar-refractivity contribution >= 4 is 17.8 Å². The van der Waals surface area contributed by atoms with Gasteiger partial charge in [0.15, 0.2) is 5.96 Å². The van der Waals surface area contributed by atoms with Gasteiger partial charge >= 0.3 is 29.6 Å². The van der Waals surface area contributed by atoms with Gasteiger partial charge < -0.3 is 14.8 Å². The molecule has 0 aromatic carbocycles. The van der Waals surface area contributed by atoms with E-state index < -0.39 is 31.4 Å². The van der Waals surface area contributed by atoms with Crippen LogP contribution in [0.5, 0.6) is 0 Å². The van der Waals surface area contributed by atoms with E-state index in [2.05, 4.69) is 5.32 Å². The Morgan fingerprint density at radius 1 is 1.39 bits per heavy atom. The molecule has 0 atom stereocenters. The first-order valence-corrected chi connectivity index (χ1v) is 5.54. The molecule has 0 aromatic heterocycles. The summed E-state index contributed by atoms with van der Waals surface area (Å²) in [6.07, 6.45) is 3.70. The van der Waals surface area contributed by atoms with Gasteiger partial charge in [0.25, 0.3) is 0 Å². The quantitative estimate of drug-likeness (QED) is 0.219. The molecule has 0 heterocycles. The number of carboxylic acid groups (broad SMARTS) is 1. The maximum absolute atomic E-state index is 11.5. The van der Waals surface area contributed by atoms with Gasteiger partial charge in [-0.1, -0.05) is 26.2 Å². The molecule has 2 N–H and O–H groups in total. The molecule has 7 heteroatoms. The summed E-state index contributed by atoms with van der Waals surface area (Å²) in [5.41, 5.74) is 0. The number of carbonyl (C=O) groups is 2. The van der Waals surface area contributed by atoms with Crippen molar-refractivity contribution in [2.45, 2.75) is 39.0 Å². The number of carbonyl (C=O) groups excluding carboxylic acids is 2. The zero-order chi connectivity index (χ0) is 15.8. The third kappa shape index (κ3) is 10.6. The van der Waals surface area contributed by atoms with Crippen molar-refractivity contribution in [2.24, 2.45) is 0 Å². The largest absolute Gasteiger partial charge is 1.00 e. The number of rotatable bonds is 7. The maximum atomic E-state index is 11.5. The first kappa shape index (κ1) is 13.8. The smallest absolute Gasteiger partial charge is 0.548 e. The molecule has 0 fully saturated rings. The van der Waals surface area contributed by atoms with Gasteiger partial charge in [0.05, 0.1) is 12.5 Å². The van der Waals surface area contributed by atoms with Crippen LogP contribution in [0.2, 0.25) is 0 Å². The van der Waals surface area contributed by atoms with Gasteiger partial charge in [-0.2, -0.15) is 0 Å². The first-order valence-electron chi connectivity index (χ1n) is 7.04. The Balaban J connectivity index is 0. The van der Waals surface area contributed by atoms with Crippen LogP contribution in [0.25, 0.3) is 0 Å². The van der Waals surface area contributed by atoms with Crippen molar-refractivity contribution in [3.63, 3.8) is 0 Å². The van der Waals surface area contributed by atoms with Crippen molar-refractivity contribution in [3.8, 4) is 0 Å². The Morgan fingerprint density at radius 3 is 2.56 bits per heavy atom. The molecule has 18 heavy (non-hydrogen) atoms. The summed E-state index contributed by atoms with van der Waals surface area (Å²) < 4.78 is 21.4. The van der Waals surface area contributed by atoms with Crippen molar-refractivity contribution < 1.29 is 48.4 Å². The van der Waals surface area contributed by atoms with Gasteiger partial charge in [0.1, 0.15) is 0 Å². The molecule has 0 aromatic rings. The number of unbranched alkanes of at least 4 members (excludes halogenated alkanes) is 3. The minimum absolute atomic E-state index is 0. The Kier molecular flexibility index (Phi) is 8.84. The molecule has 0 rings (SSSR count). The monoisotopic (exact) mass is 268 g/mol. The minimum Gasteiger partial charge on any atom is -0.548 e. The molecule has 6 nitrogen and oxygen atoms in total. The van der Waals surface area contributed by atoms with Crippen molar-refractivity contribution in [3.05, 3.63) is 0 Å². The van der Waals surface area contributed by atoms with E-state index in [1.54, 1.807) is 0 Å². The standard InChI is InChI=1S/C11H21N3O3.Na/c1-3-4-5-6-7-9(15)13-11(12)14(2)8-10(16)17;/h3-8H2,1-2H3,(H,16,17)(H2,12,13,15);/q;+1/p-1/i2D3;. The molecule has 0 saturated carbocycles. The molecule has 1 amide bonds. The van der Waals surface area contributed by atoms with Gasteiger partial charge in [-0.15, -0.1) is 0 Å². The summed E-state index contributed by atoms with van der Waals surface area (Å²) in [6.45, 7) is -1.78. The van der Waals surface area contributed by atoms with Gasteiger partial charge in [-0.05, 0) is 6.42 Å². The summed E-state index contributed by atoms with van der Waals surface area (Å²) in [4.78, 5) is 22.3. The van der Waals surface area contributed by atoms with E-state index in [0.717, 1.165) is 19.3 Å². The summed E-state index contributed by atoms with van der Waals surface area (Å²) in [5.74, 6) is -2.89. The summed E-state index contributed by atoms with van der Waals surface area (Å²) in [6, 6.07) is 0. The normalized spacial score (nSPS) is 12.4.